The molecule has 3 aromatic rings. The first-order chi connectivity index (χ1) is 10.6. The molecule has 2 N–H and O–H groups in total. The summed E-state index contributed by atoms with van der Waals surface area (Å²) < 4.78 is 0.980. The number of fused-ring (bicyclic) bond motifs is 1. The fraction of sp³-hybridized carbons (Fsp3) is 0.0588. The lowest BCUT2D eigenvalue weighted by atomic mass is 10.1. The normalized spacial score (nSPS) is 10.6. The lowest BCUT2D eigenvalue weighted by molar-refractivity contribution is 0.0949. The molecule has 0 aliphatic carbocycles. The Bertz CT molecular complexity index is 885. The third-order valence-electron chi connectivity index (χ3n) is 3.36. The van der Waals surface area contributed by atoms with Gasteiger partial charge < -0.3 is 10.3 Å². The van der Waals surface area contributed by atoms with E-state index in [1.165, 1.54) is 0 Å². The number of pyridine rings is 1. The molecule has 1 aromatic heterocycles. The molecule has 4 nitrogen and oxygen atoms in total. The number of rotatable bonds is 3. The average Bonchev–Trinajstić information content (AvgIpc) is 2.53. The summed E-state index contributed by atoms with van der Waals surface area (Å²) in [6.07, 6.45) is 0. The molecule has 0 radical (unpaired) electrons. The molecule has 0 aliphatic rings. The van der Waals surface area contributed by atoms with E-state index in [0.29, 0.717) is 6.54 Å². The van der Waals surface area contributed by atoms with Gasteiger partial charge in [-0.2, -0.15) is 0 Å². The molecular formula is C17H13BrN2O2. The summed E-state index contributed by atoms with van der Waals surface area (Å²) in [5.41, 5.74) is 1.42. The summed E-state index contributed by atoms with van der Waals surface area (Å²) >= 11 is 3.36. The highest BCUT2D eigenvalue weighted by Crippen LogP contribution is 2.11. The Hall–Kier alpha value is -2.40. The smallest absolute Gasteiger partial charge is 0.261 e. The molecule has 0 unspecified atom stereocenters. The van der Waals surface area contributed by atoms with Gasteiger partial charge in [-0.25, -0.2) is 0 Å². The SMILES string of the molecule is O=C(NCc1ccc(Br)cc1)c1cc2ccccc2[nH]c1=O. The van der Waals surface area contributed by atoms with Crippen LogP contribution in [0.3, 0.4) is 0 Å². The average molecular weight is 357 g/mol. The highest BCUT2D eigenvalue weighted by atomic mass is 79.9. The summed E-state index contributed by atoms with van der Waals surface area (Å²) in [5.74, 6) is -0.380. The summed E-state index contributed by atoms with van der Waals surface area (Å²) in [6, 6.07) is 16.6. The third kappa shape index (κ3) is 3.09. The van der Waals surface area contributed by atoms with Gasteiger partial charge in [-0.3, -0.25) is 9.59 Å². The minimum absolute atomic E-state index is 0.121. The first-order valence-corrected chi connectivity index (χ1v) is 7.57. The summed E-state index contributed by atoms with van der Waals surface area (Å²) in [7, 11) is 0. The Morgan fingerprint density at radius 2 is 1.82 bits per heavy atom. The van der Waals surface area contributed by atoms with Crippen molar-refractivity contribution >= 4 is 32.7 Å². The van der Waals surface area contributed by atoms with Crippen LogP contribution in [-0.4, -0.2) is 10.9 Å². The molecule has 0 fully saturated rings. The summed E-state index contributed by atoms with van der Waals surface area (Å²) in [5, 5.41) is 3.60. The number of para-hydroxylation sites is 1. The zero-order valence-electron chi connectivity index (χ0n) is 11.6. The van der Waals surface area contributed by atoms with Gasteiger partial charge in [0.1, 0.15) is 5.56 Å². The Labute approximate surface area is 135 Å². The van der Waals surface area contributed by atoms with E-state index in [9.17, 15) is 9.59 Å². The number of H-pyrrole nitrogens is 1. The van der Waals surface area contributed by atoms with Crippen molar-refractivity contribution < 1.29 is 4.79 Å². The molecule has 1 amide bonds. The number of hydrogen-bond acceptors (Lipinski definition) is 2. The van der Waals surface area contributed by atoms with Gasteiger partial charge in [-0.05, 0) is 35.2 Å². The van der Waals surface area contributed by atoms with E-state index in [1.807, 2.05) is 42.5 Å². The van der Waals surface area contributed by atoms with E-state index < -0.39 is 0 Å². The maximum Gasteiger partial charge on any atom is 0.261 e. The minimum atomic E-state index is -0.382. The lowest BCUT2D eigenvalue weighted by Crippen LogP contribution is -2.29. The number of hydrogen-bond donors (Lipinski definition) is 2. The second-order valence-electron chi connectivity index (χ2n) is 4.91. The van der Waals surface area contributed by atoms with Crippen LogP contribution >= 0.6 is 15.9 Å². The second kappa shape index (κ2) is 6.15. The molecule has 2 aromatic carbocycles. The fourth-order valence-corrected chi connectivity index (χ4v) is 2.46. The van der Waals surface area contributed by atoms with Crippen LogP contribution < -0.4 is 10.9 Å². The zero-order chi connectivity index (χ0) is 15.5. The van der Waals surface area contributed by atoms with Crippen LogP contribution in [0, 0.1) is 0 Å². The van der Waals surface area contributed by atoms with Crippen molar-refractivity contribution in [2.24, 2.45) is 0 Å². The topological polar surface area (TPSA) is 62.0 Å². The number of aromatic nitrogens is 1. The summed E-state index contributed by atoms with van der Waals surface area (Å²) in [4.78, 5) is 26.9. The first kappa shape index (κ1) is 14.5. The fourth-order valence-electron chi connectivity index (χ4n) is 2.20. The van der Waals surface area contributed by atoms with Crippen molar-refractivity contribution in [3.8, 4) is 0 Å². The van der Waals surface area contributed by atoms with Crippen molar-refractivity contribution in [3.63, 3.8) is 0 Å². The van der Waals surface area contributed by atoms with Crippen molar-refractivity contribution in [2.45, 2.75) is 6.54 Å². The molecule has 0 atom stereocenters. The van der Waals surface area contributed by atoms with Gasteiger partial charge in [0.15, 0.2) is 0 Å². The number of amides is 1. The van der Waals surface area contributed by atoms with Gasteiger partial charge in [-0.15, -0.1) is 0 Å². The molecule has 0 spiro atoms. The molecular weight excluding hydrogens is 344 g/mol. The highest BCUT2D eigenvalue weighted by molar-refractivity contribution is 9.10. The Balaban J connectivity index is 1.81. The predicted octanol–water partition coefficient (Wildman–Crippen LogP) is 3.22. The van der Waals surface area contributed by atoms with Gasteiger partial charge in [0.05, 0.1) is 0 Å². The van der Waals surface area contributed by atoms with Gasteiger partial charge in [0, 0.05) is 16.5 Å². The highest BCUT2D eigenvalue weighted by Gasteiger charge is 2.11. The summed E-state index contributed by atoms with van der Waals surface area (Å²) in [6.45, 7) is 0.373. The Morgan fingerprint density at radius 1 is 1.09 bits per heavy atom. The van der Waals surface area contributed by atoms with Crippen molar-refractivity contribution in [1.29, 1.82) is 0 Å². The largest absolute Gasteiger partial charge is 0.348 e. The van der Waals surface area contributed by atoms with E-state index in [0.717, 1.165) is 20.9 Å². The number of benzene rings is 2. The van der Waals surface area contributed by atoms with E-state index in [1.54, 1.807) is 12.1 Å². The molecule has 110 valence electrons. The number of aromatic amines is 1. The van der Waals surface area contributed by atoms with Crippen LogP contribution in [0.1, 0.15) is 15.9 Å². The van der Waals surface area contributed by atoms with Crippen molar-refractivity contribution in [3.05, 3.63) is 80.6 Å². The maximum atomic E-state index is 12.2. The van der Waals surface area contributed by atoms with Crippen LogP contribution in [0.15, 0.2) is 63.9 Å². The number of carbonyl (C=O) groups excluding carboxylic acids is 1. The molecule has 1 heterocycles. The maximum absolute atomic E-state index is 12.2. The van der Waals surface area contributed by atoms with Crippen LogP contribution in [-0.2, 0) is 6.54 Å². The van der Waals surface area contributed by atoms with Gasteiger partial charge >= 0.3 is 0 Å². The molecule has 5 heteroatoms. The molecule has 22 heavy (non-hydrogen) atoms. The predicted molar refractivity (Wildman–Crippen MR) is 89.9 cm³/mol. The van der Waals surface area contributed by atoms with E-state index in [2.05, 4.69) is 26.2 Å². The molecule has 0 saturated heterocycles. The molecule has 0 aliphatic heterocycles. The van der Waals surface area contributed by atoms with E-state index in [4.69, 9.17) is 0 Å². The second-order valence-corrected chi connectivity index (χ2v) is 5.82. The van der Waals surface area contributed by atoms with Crippen LogP contribution in [0.5, 0.6) is 0 Å². The van der Waals surface area contributed by atoms with Crippen molar-refractivity contribution in [1.82, 2.24) is 10.3 Å². The van der Waals surface area contributed by atoms with Gasteiger partial charge in [-0.1, -0.05) is 46.3 Å². The number of halogens is 1. The Morgan fingerprint density at radius 3 is 2.59 bits per heavy atom. The zero-order valence-corrected chi connectivity index (χ0v) is 13.2. The standard InChI is InChI=1S/C17H13BrN2O2/c18-13-7-5-11(6-8-13)10-19-16(21)14-9-12-3-1-2-4-15(12)20-17(14)22/h1-9H,10H2,(H,19,21)(H,20,22). The van der Waals surface area contributed by atoms with E-state index in [-0.39, 0.29) is 17.0 Å². The number of carbonyl (C=O) groups is 1. The number of nitrogens with one attached hydrogen (secondary N) is 2. The van der Waals surface area contributed by atoms with Crippen LogP contribution in [0.25, 0.3) is 10.9 Å². The minimum Gasteiger partial charge on any atom is -0.348 e. The monoisotopic (exact) mass is 356 g/mol. The van der Waals surface area contributed by atoms with E-state index >= 15 is 0 Å². The first-order valence-electron chi connectivity index (χ1n) is 6.78. The lowest BCUT2D eigenvalue weighted by Gasteiger charge is -2.06. The molecule has 3 rings (SSSR count). The van der Waals surface area contributed by atoms with Gasteiger partial charge in [0.2, 0.25) is 0 Å². The third-order valence-corrected chi connectivity index (χ3v) is 3.89. The van der Waals surface area contributed by atoms with Crippen molar-refractivity contribution in [2.75, 3.05) is 0 Å². The van der Waals surface area contributed by atoms with Crippen LogP contribution in [0.2, 0.25) is 0 Å². The molecule has 0 saturated carbocycles. The molecule has 0 bridgehead atoms. The Kier molecular flexibility index (Phi) is 4.06. The quantitative estimate of drug-likeness (QED) is 0.756. The van der Waals surface area contributed by atoms with Crippen LogP contribution in [0.4, 0.5) is 0 Å². The van der Waals surface area contributed by atoms with Gasteiger partial charge in [0.25, 0.3) is 11.5 Å².